The minimum atomic E-state index is 0.0246. The molecule has 1 unspecified atom stereocenters. The Morgan fingerprint density at radius 1 is 1.12 bits per heavy atom. The molecule has 0 spiro atoms. The third kappa shape index (κ3) is 2.78. The minimum absolute atomic E-state index is 0.0246. The largest absolute Gasteiger partial charge is 0.394 e. The SMILES string of the molecule is CC1(C)CCCC(CO)(NC2CCCC2)C1. The summed E-state index contributed by atoms with van der Waals surface area (Å²) in [6.45, 7) is 4.99. The highest BCUT2D eigenvalue weighted by Gasteiger charge is 2.40. The topological polar surface area (TPSA) is 32.3 Å². The van der Waals surface area contributed by atoms with Crippen molar-refractivity contribution in [3.8, 4) is 0 Å². The number of hydrogen-bond acceptors (Lipinski definition) is 2. The first-order valence-electron chi connectivity index (χ1n) is 6.94. The molecule has 0 aromatic carbocycles. The van der Waals surface area contributed by atoms with Crippen LogP contribution in [0.4, 0.5) is 0 Å². The molecule has 2 aliphatic rings. The van der Waals surface area contributed by atoms with E-state index in [1.54, 1.807) is 0 Å². The summed E-state index contributed by atoms with van der Waals surface area (Å²) in [5.74, 6) is 0. The molecule has 0 heterocycles. The molecule has 2 saturated carbocycles. The van der Waals surface area contributed by atoms with Crippen LogP contribution in [0.15, 0.2) is 0 Å². The maximum absolute atomic E-state index is 9.77. The molecule has 2 aliphatic carbocycles. The van der Waals surface area contributed by atoms with Gasteiger partial charge < -0.3 is 10.4 Å². The summed E-state index contributed by atoms with van der Waals surface area (Å²) in [7, 11) is 0. The third-order valence-electron chi connectivity index (χ3n) is 4.49. The van der Waals surface area contributed by atoms with E-state index in [1.165, 1.54) is 38.5 Å². The van der Waals surface area contributed by atoms with Crippen molar-refractivity contribution in [1.82, 2.24) is 5.32 Å². The molecule has 0 saturated heterocycles. The van der Waals surface area contributed by atoms with Crippen LogP contribution in [-0.4, -0.2) is 23.3 Å². The Bertz CT molecular complexity index is 233. The Balaban J connectivity index is 2.00. The van der Waals surface area contributed by atoms with Crippen molar-refractivity contribution in [2.75, 3.05) is 6.61 Å². The first kappa shape index (κ1) is 12.4. The van der Waals surface area contributed by atoms with Crippen molar-refractivity contribution >= 4 is 0 Å². The Morgan fingerprint density at radius 3 is 2.38 bits per heavy atom. The smallest absolute Gasteiger partial charge is 0.0613 e. The zero-order valence-corrected chi connectivity index (χ0v) is 10.9. The first-order chi connectivity index (χ1) is 7.55. The van der Waals surface area contributed by atoms with Gasteiger partial charge in [0.25, 0.3) is 0 Å². The van der Waals surface area contributed by atoms with Gasteiger partial charge in [-0.15, -0.1) is 0 Å². The van der Waals surface area contributed by atoms with Crippen LogP contribution in [0.25, 0.3) is 0 Å². The van der Waals surface area contributed by atoms with Crippen molar-refractivity contribution in [2.45, 2.75) is 76.8 Å². The molecule has 2 N–H and O–H groups in total. The summed E-state index contributed by atoms with van der Waals surface area (Å²) in [5, 5.41) is 13.6. The Labute approximate surface area is 99.8 Å². The van der Waals surface area contributed by atoms with E-state index in [0.717, 1.165) is 12.8 Å². The van der Waals surface area contributed by atoms with Gasteiger partial charge in [0.1, 0.15) is 0 Å². The summed E-state index contributed by atoms with van der Waals surface area (Å²) in [4.78, 5) is 0. The van der Waals surface area contributed by atoms with E-state index >= 15 is 0 Å². The van der Waals surface area contributed by atoms with Gasteiger partial charge >= 0.3 is 0 Å². The number of aliphatic hydroxyl groups excluding tert-OH is 1. The van der Waals surface area contributed by atoms with Gasteiger partial charge in [-0.1, -0.05) is 33.1 Å². The van der Waals surface area contributed by atoms with Crippen LogP contribution in [0.5, 0.6) is 0 Å². The second kappa shape index (κ2) is 4.66. The lowest BCUT2D eigenvalue weighted by Gasteiger charge is -2.46. The molecular weight excluding hydrogens is 198 g/mol. The summed E-state index contributed by atoms with van der Waals surface area (Å²) in [6, 6.07) is 0.668. The lowest BCUT2D eigenvalue weighted by molar-refractivity contribution is 0.0539. The van der Waals surface area contributed by atoms with Gasteiger partial charge in [0.15, 0.2) is 0 Å². The van der Waals surface area contributed by atoms with Crippen molar-refractivity contribution in [2.24, 2.45) is 5.41 Å². The van der Waals surface area contributed by atoms with Crippen LogP contribution < -0.4 is 5.32 Å². The molecule has 94 valence electrons. The third-order valence-corrected chi connectivity index (χ3v) is 4.49. The van der Waals surface area contributed by atoms with Crippen LogP contribution >= 0.6 is 0 Å². The molecule has 0 bridgehead atoms. The Morgan fingerprint density at radius 2 is 1.81 bits per heavy atom. The highest BCUT2D eigenvalue weighted by molar-refractivity contribution is 4.98. The van der Waals surface area contributed by atoms with E-state index in [9.17, 15) is 5.11 Å². The van der Waals surface area contributed by atoms with Crippen LogP contribution in [0, 0.1) is 5.41 Å². The fourth-order valence-electron chi connectivity index (χ4n) is 3.81. The zero-order chi connectivity index (χ0) is 11.6. The highest BCUT2D eigenvalue weighted by Crippen LogP contribution is 2.41. The van der Waals surface area contributed by atoms with E-state index < -0.39 is 0 Å². The quantitative estimate of drug-likeness (QED) is 0.774. The molecular formula is C14H27NO. The second-order valence-electron chi connectivity index (χ2n) is 6.76. The normalized spacial score (nSPS) is 35.4. The highest BCUT2D eigenvalue weighted by atomic mass is 16.3. The molecule has 0 aromatic rings. The van der Waals surface area contributed by atoms with Gasteiger partial charge in [0, 0.05) is 11.6 Å². The second-order valence-corrected chi connectivity index (χ2v) is 6.76. The van der Waals surface area contributed by atoms with Crippen LogP contribution in [-0.2, 0) is 0 Å². The molecule has 1 atom stereocenters. The maximum Gasteiger partial charge on any atom is 0.0613 e. The van der Waals surface area contributed by atoms with Gasteiger partial charge in [0.05, 0.1) is 6.61 Å². The predicted molar refractivity (Wildman–Crippen MR) is 67.5 cm³/mol. The van der Waals surface area contributed by atoms with Crippen molar-refractivity contribution in [3.63, 3.8) is 0 Å². The molecule has 2 nitrogen and oxygen atoms in total. The average Bonchev–Trinajstić information content (AvgIpc) is 2.69. The zero-order valence-electron chi connectivity index (χ0n) is 10.9. The predicted octanol–water partition coefficient (Wildman–Crippen LogP) is 2.85. The Hall–Kier alpha value is -0.0800. The lowest BCUT2D eigenvalue weighted by atomic mass is 9.68. The first-order valence-corrected chi connectivity index (χ1v) is 6.94. The molecule has 0 amide bonds. The van der Waals surface area contributed by atoms with E-state index in [4.69, 9.17) is 0 Å². The standard InChI is InChI=1S/C14H27NO/c1-13(2)8-5-9-14(10-13,11-16)15-12-6-3-4-7-12/h12,15-16H,3-11H2,1-2H3. The average molecular weight is 225 g/mol. The number of hydrogen-bond donors (Lipinski definition) is 2. The van der Waals surface area contributed by atoms with E-state index in [0.29, 0.717) is 18.1 Å². The molecule has 2 rings (SSSR count). The van der Waals surface area contributed by atoms with Gasteiger partial charge in [-0.2, -0.15) is 0 Å². The number of nitrogens with one attached hydrogen (secondary N) is 1. The molecule has 16 heavy (non-hydrogen) atoms. The number of rotatable bonds is 3. The fraction of sp³-hybridized carbons (Fsp3) is 1.00. The molecule has 2 heteroatoms. The van der Waals surface area contributed by atoms with Gasteiger partial charge in [-0.3, -0.25) is 0 Å². The van der Waals surface area contributed by atoms with E-state index in [2.05, 4.69) is 19.2 Å². The monoisotopic (exact) mass is 225 g/mol. The lowest BCUT2D eigenvalue weighted by Crippen LogP contribution is -2.56. The van der Waals surface area contributed by atoms with Crippen molar-refractivity contribution in [1.29, 1.82) is 0 Å². The Kier molecular flexibility index (Phi) is 3.60. The molecule has 0 aliphatic heterocycles. The summed E-state index contributed by atoms with van der Waals surface area (Å²) < 4.78 is 0. The van der Waals surface area contributed by atoms with Crippen molar-refractivity contribution in [3.05, 3.63) is 0 Å². The van der Waals surface area contributed by atoms with Crippen LogP contribution in [0.3, 0.4) is 0 Å². The van der Waals surface area contributed by atoms with Crippen LogP contribution in [0.1, 0.15) is 65.2 Å². The van der Waals surface area contributed by atoms with Gasteiger partial charge in [0.2, 0.25) is 0 Å². The minimum Gasteiger partial charge on any atom is -0.394 e. The summed E-state index contributed by atoms with van der Waals surface area (Å²) in [5.41, 5.74) is 0.420. The van der Waals surface area contributed by atoms with E-state index in [1.807, 2.05) is 0 Å². The van der Waals surface area contributed by atoms with Crippen molar-refractivity contribution < 1.29 is 5.11 Å². The number of aliphatic hydroxyl groups is 1. The van der Waals surface area contributed by atoms with Crippen LogP contribution in [0.2, 0.25) is 0 Å². The molecule has 0 radical (unpaired) electrons. The molecule has 0 aromatic heterocycles. The summed E-state index contributed by atoms with van der Waals surface area (Å²) >= 11 is 0. The van der Waals surface area contributed by atoms with Gasteiger partial charge in [-0.25, -0.2) is 0 Å². The summed E-state index contributed by atoms with van der Waals surface area (Å²) in [6.07, 6.45) is 10.2. The fourth-order valence-corrected chi connectivity index (χ4v) is 3.81. The molecule has 2 fully saturated rings. The maximum atomic E-state index is 9.77. The van der Waals surface area contributed by atoms with Gasteiger partial charge in [-0.05, 0) is 37.5 Å². The van der Waals surface area contributed by atoms with E-state index in [-0.39, 0.29) is 5.54 Å².